The molecule has 0 aromatic rings. The summed E-state index contributed by atoms with van der Waals surface area (Å²) in [5.74, 6) is 0. The minimum absolute atomic E-state index is 1.10. The predicted octanol–water partition coefficient (Wildman–Crippen LogP) is 0.942. The number of likely N-dealkylation sites (N-methyl/N-ethyl adjacent to an activating group) is 2. The van der Waals surface area contributed by atoms with Gasteiger partial charge in [0.1, 0.15) is 6.79 Å². The van der Waals surface area contributed by atoms with Crippen molar-refractivity contribution < 1.29 is 4.79 Å². The Morgan fingerprint density at radius 3 is 1.67 bits per heavy atom. The number of carbonyl (C=O) groups is 1. The number of rotatable bonds is 7. The molecule has 0 heterocycles. The summed E-state index contributed by atoms with van der Waals surface area (Å²) in [6, 6.07) is 0. The highest BCUT2D eigenvalue weighted by molar-refractivity contribution is 5.10. The van der Waals surface area contributed by atoms with Crippen LogP contribution in [-0.2, 0) is 4.79 Å². The monoisotopic (exact) mass is 217 g/mol. The van der Waals surface area contributed by atoms with E-state index in [0.717, 1.165) is 32.7 Å². The second kappa shape index (κ2) is 11.6. The van der Waals surface area contributed by atoms with Gasteiger partial charge in [0.05, 0.1) is 0 Å². The summed E-state index contributed by atoms with van der Waals surface area (Å²) in [4.78, 5) is 10.3. The zero-order valence-electron chi connectivity index (χ0n) is 11.0. The Kier molecular flexibility index (Phi) is 13.1. The summed E-state index contributed by atoms with van der Waals surface area (Å²) < 4.78 is 0. The van der Waals surface area contributed by atoms with Gasteiger partial charge in [-0.2, -0.15) is 0 Å². The molecule has 0 saturated heterocycles. The van der Waals surface area contributed by atoms with Crippen LogP contribution < -0.4 is 0 Å². The molecule has 92 valence electrons. The van der Waals surface area contributed by atoms with Crippen molar-refractivity contribution in [3.8, 4) is 0 Å². The molecule has 0 aromatic carbocycles. The van der Waals surface area contributed by atoms with E-state index in [1.807, 2.05) is 6.79 Å². The molecule has 0 aliphatic carbocycles. The minimum atomic E-state index is 1.10. The van der Waals surface area contributed by atoms with Gasteiger partial charge >= 0.3 is 0 Å². The smallest absolute Gasteiger partial charge is 0.106 e. The molecular formula is C11H27N3O. The molecule has 0 fully saturated rings. The molecule has 0 unspecified atom stereocenters. The van der Waals surface area contributed by atoms with Gasteiger partial charge in [0.25, 0.3) is 0 Å². The van der Waals surface area contributed by atoms with E-state index >= 15 is 0 Å². The fourth-order valence-electron chi connectivity index (χ4n) is 1.32. The topological polar surface area (TPSA) is 26.8 Å². The molecule has 0 aromatic heterocycles. The van der Waals surface area contributed by atoms with E-state index in [0.29, 0.717) is 0 Å². The van der Waals surface area contributed by atoms with E-state index in [1.165, 1.54) is 0 Å². The van der Waals surface area contributed by atoms with E-state index < -0.39 is 0 Å². The molecule has 0 rings (SSSR count). The van der Waals surface area contributed by atoms with E-state index in [1.54, 1.807) is 0 Å². The fraction of sp³-hybridized carbons (Fsp3) is 0.909. The lowest BCUT2D eigenvalue weighted by Crippen LogP contribution is -2.43. The van der Waals surface area contributed by atoms with Crippen LogP contribution in [0.25, 0.3) is 0 Å². The maximum atomic E-state index is 8.00. The number of hydrogen-bond donors (Lipinski definition) is 0. The van der Waals surface area contributed by atoms with Crippen LogP contribution in [0, 0.1) is 0 Å². The van der Waals surface area contributed by atoms with Crippen molar-refractivity contribution in [2.45, 2.75) is 20.8 Å². The molecule has 0 aliphatic heterocycles. The summed E-state index contributed by atoms with van der Waals surface area (Å²) in [6.07, 6.45) is 0. The van der Waals surface area contributed by atoms with E-state index in [-0.39, 0.29) is 0 Å². The van der Waals surface area contributed by atoms with Gasteiger partial charge in [0.15, 0.2) is 0 Å². The summed E-state index contributed by atoms with van der Waals surface area (Å²) in [5, 5.41) is 4.66. The van der Waals surface area contributed by atoms with Gasteiger partial charge in [-0.1, -0.05) is 20.8 Å². The Morgan fingerprint density at radius 1 is 0.867 bits per heavy atom. The van der Waals surface area contributed by atoms with Gasteiger partial charge in [-0.05, 0) is 13.6 Å². The highest BCUT2D eigenvalue weighted by atomic mass is 16.1. The molecule has 0 spiro atoms. The van der Waals surface area contributed by atoms with Crippen LogP contribution in [0.5, 0.6) is 0 Å². The van der Waals surface area contributed by atoms with Crippen LogP contribution in [0.3, 0.4) is 0 Å². The van der Waals surface area contributed by atoms with Crippen LogP contribution in [0.4, 0.5) is 0 Å². The van der Waals surface area contributed by atoms with Gasteiger partial charge in [-0.3, -0.25) is 0 Å². The molecule has 0 saturated carbocycles. The maximum Gasteiger partial charge on any atom is 0.106 e. The van der Waals surface area contributed by atoms with Crippen LogP contribution in [0.15, 0.2) is 0 Å². The van der Waals surface area contributed by atoms with Gasteiger partial charge in [0, 0.05) is 33.2 Å². The van der Waals surface area contributed by atoms with Gasteiger partial charge in [0.2, 0.25) is 0 Å². The highest BCUT2D eigenvalue weighted by Crippen LogP contribution is 1.94. The molecule has 0 atom stereocenters. The Bertz CT molecular complexity index is 129. The van der Waals surface area contributed by atoms with Crippen molar-refractivity contribution in [3.05, 3.63) is 0 Å². The van der Waals surface area contributed by atoms with Crippen molar-refractivity contribution in [1.29, 1.82) is 0 Å². The average molecular weight is 217 g/mol. The highest BCUT2D eigenvalue weighted by Gasteiger charge is 2.06. The third-order valence-electron chi connectivity index (χ3n) is 2.56. The first-order valence-electron chi connectivity index (χ1n) is 5.59. The molecule has 0 N–H and O–H groups in total. The lowest BCUT2D eigenvalue weighted by Gasteiger charge is -2.31. The summed E-state index contributed by atoms with van der Waals surface area (Å²) in [7, 11) is 4.33. The van der Waals surface area contributed by atoms with Gasteiger partial charge < -0.3 is 9.69 Å². The van der Waals surface area contributed by atoms with Gasteiger partial charge in [-0.15, -0.1) is 0 Å². The summed E-state index contributed by atoms with van der Waals surface area (Å²) >= 11 is 0. The Morgan fingerprint density at radius 2 is 1.33 bits per heavy atom. The first-order chi connectivity index (χ1) is 7.15. The Labute approximate surface area is 94.8 Å². The second-order valence-electron chi connectivity index (χ2n) is 3.42. The third-order valence-corrected chi connectivity index (χ3v) is 2.56. The molecule has 0 amide bonds. The van der Waals surface area contributed by atoms with Crippen LogP contribution >= 0.6 is 0 Å². The van der Waals surface area contributed by atoms with Crippen molar-refractivity contribution in [2.24, 2.45) is 0 Å². The molecule has 4 nitrogen and oxygen atoms in total. The first-order valence-corrected chi connectivity index (χ1v) is 5.59. The molecule has 0 aliphatic rings. The number of hydrazine groups is 1. The number of hydrogen-bond acceptors (Lipinski definition) is 4. The average Bonchev–Trinajstić information content (AvgIpc) is 2.30. The predicted molar refractivity (Wildman–Crippen MR) is 65.8 cm³/mol. The van der Waals surface area contributed by atoms with Crippen LogP contribution in [-0.4, -0.2) is 68.5 Å². The Hall–Kier alpha value is -0.450. The number of nitrogens with zero attached hydrogens (tertiary/aromatic N) is 3. The molecule has 0 bridgehead atoms. The van der Waals surface area contributed by atoms with Gasteiger partial charge in [-0.25, -0.2) is 10.0 Å². The lowest BCUT2D eigenvalue weighted by molar-refractivity contribution is -0.0979. The largest absolute Gasteiger partial charge is 0.307 e. The maximum absolute atomic E-state index is 8.00. The zero-order valence-corrected chi connectivity index (χ0v) is 11.0. The number of carbonyl (C=O) groups excluding carboxylic acids is 1. The van der Waals surface area contributed by atoms with Crippen molar-refractivity contribution in [2.75, 3.05) is 46.8 Å². The standard InChI is InChI=1S/C10H25N3.CH2O/c1-6-11(4)9-10-12(5)13(7-2)8-3;1-2/h6-10H2,1-5H3;1H2. The van der Waals surface area contributed by atoms with Crippen LogP contribution in [0.2, 0.25) is 0 Å². The third kappa shape index (κ3) is 8.54. The quantitative estimate of drug-likeness (QED) is 0.593. The SMILES string of the molecule is C=O.CCN(C)CCN(C)N(CC)CC. The van der Waals surface area contributed by atoms with E-state index in [2.05, 4.69) is 49.8 Å². The van der Waals surface area contributed by atoms with E-state index in [4.69, 9.17) is 4.79 Å². The van der Waals surface area contributed by atoms with Crippen molar-refractivity contribution in [3.63, 3.8) is 0 Å². The first kappa shape index (κ1) is 17.0. The Balaban J connectivity index is 0. The van der Waals surface area contributed by atoms with Crippen LogP contribution in [0.1, 0.15) is 20.8 Å². The molecule has 0 radical (unpaired) electrons. The van der Waals surface area contributed by atoms with Crippen molar-refractivity contribution >= 4 is 6.79 Å². The van der Waals surface area contributed by atoms with E-state index in [9.17, 15) is 0 Å². The normalized spacial score (nSPS) is 10.7. The minimum Gasteiger partial charge on any atom is -0.307 e. The molecular weight excluding hydrogens is 190 g/mol. The van der Waals surface area contributed by atoms with Crippen molar-refractivity contribution in [1.82, 2.24) is 14.9 Å². The zero-order chi connectivity index (χ0) is 12.3. The lowest BCUT2D eigenvalue weighted by atomic mass is 10.5. The summed E-state index contributed by atoms with van der Waals surface area (Å²) in [5.41, 5.74) is 0. The second-order valence-corrected chi connectivity index (χ2v) is 3.42. The molecule has 4 heteroatoms. The molecule has 15 heavy (non-hydrogen) atoms. The summed E-state index contributed by atoms with van der Waals surface area (Å²) in [6.45, 7) is 14.2. The fourth-order valence-corrected chi connectivity index (χ4v) is 1.32.